The van der Waals surface area contributed by atoms with Crippen LogP contribution in [0.2, 0.25) is 0 Å². The monoisotopic (exact) mass is 499 g/mol. The normalized spacial score (nSPS) is 16.7. The van der Waals surface area contributed by atoms with Gasteiger partial charge in [-0.3, -0.25) is 9.79 Å². The van der Waals surface area contributed by atoms with E-state index in [1.807, 2.05) is 0 Å². The van der Waals surface area contributed by atoms with Crippen molar-refractivity contribution in [1.82, 2.24) is 10.6 Å². The van der Waals surface area contributed by atoms with Gasteiger partial charge in [0.25, 0.3) is 0 Å². The van der Waals surface area contributed by atoms with Crippen LogP contribution in [0.25, 0.3) is 0 Å². The van der Waals surface area contributed by atoms with Crippen LogP contribution in [0, 0.1) is 0 Å². The molecule has 1 atom stereocenters. The fourth-order valence-corrected chi connectivity index (χ4v) is 2.75. The second-order valence-electron chi connectivity index (χ2n) is 6.49. The number of hydrogen-bond donors (Lipinski definition) is 2. The molecule has 0 aromatic rings. The molecule has 1 heterocycles. The van der Waals surface area contributed by atoms with Gasteiger partial charge in [-0.1, -0.05) is 12.8 Å². The van der Waals surface area contributed by atoms with Crippen LogP contribution < -0.4 is 10.6 Å². The smallest absolute Gasteiger partial charge is 0.305 e. The van der Waals surface area contributed by atoms with E-state index in [0.717, 1.165) is 83.8 Å². The van der Waals surface area contributed by atoms with Crippen molar-refractivity contribution < 1.29 is 19.0 Å². The van der Waals surface area contributed by atoms with E-state index in [0.29, 0.717) is 19.1 Å². The zero-order valence-corrected chi connectivity index (χ0v) is 19.3. The van der Waals surface area contributed by atoms with E-state index in [1.54, 1.807) is 0 Å². The Labute approximate surface area is 181 Å². The Balaban J connectivity index is 0.00000676. The molecule has 8 heteroatoms. The van der Waals surface area contributed by atoms with E-state index < -0.39 is 0 Å². The number of nitrogens with zero attached hydrogens (tertiary/aromatic N) is 1. The second kappa shape index (κ2) is 18.7. The van der Waals surface area contributed by atoms with Crippen molar-refractivity contribution in [3.63, 3.8) is 0 Å². The molecule has 1 unspecified atom stereocenters. The molecule has 160 valence electrons. The number of rotatable bonds is 14. The summed E-state index contributed by atoms with van der Waals surface area (Å²) in [5.41, 5.74) is 0. The summed E-state index contributed by atoms with van der Waals surface area (Å²) in [5.74, 6) is 0.741. The minimum absolute atomic E-state index is 0. The van der Waals surface area contributed by atoms with Crippen LogP contribution in [0.15, 0.2) is 4.99 Å². The molecule has 2 N–H and O–H groups in total. The summed E-state index contributed by atoms with van der Waals surface area (Å²) in [5, 5.41) is 6.61. The number of hydrogen-bond acceptors (Lipinski definition) is 5. The number of ether oxygens (including phenoxy) is 3. The molecule has 1 saturated heterocycles. The highest BCUT2D eigenvalue weighted by atomic mass is 127. The Morgan fingerprint density at radius 2 is 2.00 bits per heavy atom. The van der Waals surface area contributed by atoms with Crippen LogP contribution in [-0.4, -0.2) is 64.6 Å². The maximum absolute atomic E-state index is 11.0. The SMILES string of the molecule is CCNC(=NCCCOCC1CCCO1)NCCCCCCC(=O)OC.I. The lowest BCUT2D eigenvalue weighted by Gasteiger charge is -2.12. The minimum Gasteiger partial charge on any atom is -0.469 e. The average molecular weight is 499 g/mol. The van der Waals surface area contributed by atoms with Gasteiger partial charge in [0.2, 0.25) is 0 Å². The Morgan fingerprint density at radius 3 is 2.70 bits per heavy atom. The summed E-state index contributed by atoms with van der Waals surface area (Å²) >= 11 is 0. The molecular weight excluding hydrogens is 461 g/mol. The molecule has 1 aliphatic rings. The molecule has 1 fully saturated rings. The maximum Gasteiger partial charge on any atom is 0.305 e. The maximum atomic E-state index is 11.0. The standard InChI is InChI=1S/C19H37N3O4.HI/c1-3-20-19(21-12-7-5-4-6-11-18(23)24-2)22-13-9-14-25-16-17-10-8-15-26-17;/h17H,3-16H2,1-2H3,(H2,20,21,22);1H. The molecule has 27 heavy (non-hydrogen) atoms. The minimum atomic E-state index is -0.121. The molecule has 0 radical (unpaired) electrons. The van der Waals surface area contributed by atoms with Gasteiger partial charge in [-0.05, 0) is 39.0 Å². The molecule has 0 aliphatic carbocycles. The third-order valence-corrected chi connectivity index (χ3v) is 4.22. The first kappa shape index (κ1) is 26.4. The largest absolute Gasteiger partial charge is 0.469 e. The first-order valence-corrected chi connectivity index (χ1v) is 10.0. The van der Waals surface area contributed by atoms with Crippen molar-refractivity contribution in [3.8, 4) is 0 Å². The van der Waals surface area contributed by atoms with E-state index >= 15 is 0 Å². The highest BCUT2D eigenvalue weighted by Crippen LogP contribution is 2.11. The van der Waals surface area contributed by atoms with Gasteiger partial charge >= 0.3 is 5.97 Å². The number of carbonyl (C=O) groups excluding carboxylic acids is 1. The Bertz CT molecular complexity index is 391. The van der Waals surface area contributed by atoms with Gasteiger partial charge in [-0.25, -0.2) is 0 Å². The first-order valence-electron chi connectivity index (χ1n) is 10.0. The van der Waals surface area contributed by atoms with Gasteiger partial charge in [0.1, 0.15) is 0 Å². The lowest BCUT2D eigenvalue weighted by atomic mass is 10.1. The van der Waals surface area contributed by atoms with Crippen LogP contribution in [0.1, 0.15) is 58.3 Å². The van der Waals surface area contributed by atoms with E-state index in [1.165, 1.54) is 7.11 Å². The number of nitrogens with one attached hydrogen (secondary N) is 2. The van der Waals surface area contributed by atoms with Crippen LogP contribution in [0.4, 0.5) is 0 Å². The van der Waals surface area contributed by atoms with Crippen molar-refractivity contribution in [3.05, 3.63) is 0 Å². The summed E-state index contributed by atoms with van der Waals surface area (Å²) in [6.07, 6.45) is 8.11. The molecule has 7 nitrogen and oxygen atoms in total. The lowest BCUT2D eigenvalue weighted by molar-refractivity contribution is -0.140. The zero-order chi connectivity index (χ0) is 18.9. The van der Waals surface area contributed by atoms with Crippen molar-refractivity contribution in [2.45, 2.75) is 64.4 Å². The predicted molar refractivity (Wildman–Crippen MR) is 119 cm³/mol. The summed E-state index contributed by atoms with van der Waals surface area (Å²) in [6, 6.07) is 0. The molecule has 0 aromatic heterocycles. The van der Waals surface area contributed by atoms with Gasteiger partial charge in [-0.2, -0.15) is 0 Å². The number of halogens is 1. The molecule has 0 amide bonds. The second-order valence-corrected chi connectivity index (χ2v) is 6.49. The molecule has 0 saturated carbocycles. The number of guanidine groups is 1. The Morgan fingerprint density at radius 1 is 1.19 bits per heavy atom. The summed E-state index contributed by atoms with van der Waals surface area (Å²) in [4.78, 5) is 15.6. The fourth-order valence-electron chi connectivity index (χ4n) is 2.75. The highest BCUT2D eigenvalue weighted by molar-refractivity contribution is 14.0. The van der Waals surface area contributed by atoms with E-state index in [-0.39, 0.29) is 29.9 Å². The summed E-state index contributed by atoms with van der Waals surface area (Å²) in [7, 11) is 1.43. The fraction of sp³-hybridized carbons (Fsp3) is 0.895. The van der Waals surface area contributed by atoms with Crippen LogP contribution in [0.5, 0.6) is 0 Å². The van der Waals surface area contributed by atoms with Gasteiger partial charge in [-0.15, -0.1) is 24.0 Å². The molecule has 0 bridgehead atoms. The van der Waals surface area contributed by atoms with Gasteiger partial charge < -0.3 is 24.8 Å². The highest BCUT2D eigenvalue weighted by Gasteiger charge is 2.14. The Hall–Kier alpha value is -0.610. The number of carbonyl (C=O) groups is 1. The van der Waals surface area contributed by atoms with Crippen LogP contribution in [0.3, 0.4) is 0 Å². The van der Waals surface area contributed by atoms with E-state index in [9.17, 15) is 4.79 Å². The Kier molecular flexibility index (Phi) is 18.3. The topological polar surface area (TPSA) is 81.2 Å². The number of esters is 1. The van der Waals surface area contributed by atoms with Gasteiger partial charge in [0.05, 0.1) is 19.8 Å². The molecule has 1 aliphatic heterocycles. The van der Waals surface area contributed by atoms with Crippen molar-refractivity contribution >= 4 is 35.9 Å². The molecule has 0 aromatic carbocycles. The van der Waals surface area contributed by atoms with Crippen molar-refractivity contribution in [2.75, 3.05) is 46.6 Å². The number of unbranched alkanes of at least 4 members (excludes halogenated alkanes) is 3. The lowest BCUT2D eigenvalue weighted by Crippen LogP contribution is -2.37. The van der Waals surface area contributed by atoms with Crippen molar-refractivity contribution in [1.29, 1.82) is 0 Å². The summed E-state index contributed by atoms with van der Waals surface area (Å²) in [6.45, 7) is 6.86. The average Bonchev–Trinajstić information content (AvgIpc) is 3.16. The molecule has 0 spiro atoms. The van der Waals surface area contributed by atoms with E-state index in [4.69, 9.17) is 9.47 Å². The van der Waals surface area contributed by atoms with Crippen LogP contribution >= 0.6 is 24.0 Å². The van der Waals surface area contributed by atoms with Crippen LogP contribution in [-0.2, 0) is 19.0 Å². The first-order chi connectivity index (χ1) is 12.8. The summed E-state index contributed by atoms with van der Waals surface area (Å²) < 4.78 is 15.8. The molecule has 1 rings (SSSR count). The quantitative estimate of drug-likeness (QED) is 0.126. The van der Waals surface area contributed by atoms with Gasteiger partial charge in [0.15, 0.2) is 5.96 Å². The predicted octanol–water partition coefficient (Wildman–Crippen LogP) is 2.87. The van der Waals surface area contributed by atoms with E-state index in [2.05, 4.69) is 27.3 Å². The number of methoxy groups -OCH3 is 1. The van der Waals surface area contributed by atoms with Gasteiger partial charge in [0, 0.05) is 39.3 Å². The third kappa shape index (κ3) is 15.0. The number of aliphatic imine (C=N–C) groups is 1. The third-order valence-electron chi connectivity index (χ3n) is 4.22. The van der Waals surface area contributed by atoms with Crippen molar-refractivity contribution in [2.24, 2.45) is 4.99 Å². The molecular formula is C19H38IN3O4. The zero-order valence-electron chi connectivity index (χ0n) is 17.0.